The maximum Gasteiger partial charge on any atom is 0.282 e. The van der Waals surface area contributed by atoms with Crippen molar-refractivity contribution in [3.63, 3.8) is 0 Å². The molecule has 0 saturated heterocycles. The highest BCUT2D eigenvalue weighted by atomic mass is 32.1. The van der Waals surface area contributed by atoms with Gasteiger partial charge in [0.25, 0.3) is 5.69 Å². The third kappa shape index (κ3) is 3.36. The fraction of sp³-hybridized carbons (Fsp3) is 0.176. The maximum atomic E-state index is 11.4. The van der Waals surface area contributed by atoms with E-state index in [1.165, 1.54) is 23.6 Å². The average Bonchev–Trinajstić information content (AvgIpc) is 3.39. The molecule has 3 aromatic rings. The molecule has 0 N–H and O–H groups in total. The maximum absolute atomic E-state index is 11.4. The summed E-state index contributed by atoms with van der Waals surface area (Å²) in [5, 5.41) is 19.9. The zero-order chi connectivity index (χ0) is 18.8. The van der Waals surface area contributed by atoms with Gasteiger partial charge in [0.2, 0.25) is 11.6 Å². The molecule has 3 heterocycles. The summed E-state index contributed by atoms with van der Waals surface area (Å²) >= 11 is 3.07. The fourth-order valence-electron chi connectivity index (χ4n) is 2.58. The van der Waals surface area contributed by atoms with Crippen molar-refractivity contribution in [2.75, 3.05) is 13.3 Å². The van der Waals surface area contributed by atoms with Gasteiger partial charge in [0, 0.05) is 11.9 Å². The molecule has 138 valence electrons. The lowest BCUT2D eigenvalue weighted by Gasteiger charge is -2.03. The normalized spacial score (nSPS) is 13.6. The third-order valence-corrected chi connectivity index (χ3v) is 5.53. The quantitative estimate of drug-likeness (QED) is 0.369. The molecule has 0 unspecified atom stereocenters. The Morgan fingerprint density at radius 2 is 2.15 bits per heavy atom. The molecule has 2 aromatic heterocycles. The van der Waals surface area contributed by atoms with Crippen molar-refractivity contribution in [2.45, 2.75) is 6.92 Å². The summed E-state index contributed by atoms with van der Waals surface area (Å²) in [6, 6.07) is 6.89. The Morgan fingerprint density at radius 3 is 2.85 bits per heavy atom. The van der Waals surface area contributed by atoms with E-state index in [2.05, 4.69) is 10.1 Å². The van der Waals surface area contributed by atoms with Crippen molar-refractivity contribution in [3.05, 3.63) is 55.5 Å². The van der Waals surface area contributed by atoms with Crippen LogP contribution < -0.4 is 14.3 Å². The smallest absolute Gasteiger partial charge is 0.282 e. The summed E-state index contributed by atoms with van der Waals surface area (Å²) in [7, 11) is 0. The number of hydrogen-bond acceptors (Lipinski definition) is 8. The van der Waals surface area contributed by atoms with Crippen molar-refractivity contribution in [1.29, 1.82) is 0 Å². The molecule has 0 saturated carbocycles. The number of aromatic nitrogens is 1. The number of hydrogen-bond donors (Lipinski definition) is 0. The topological polar surface area (TPSA) is 91.2 Å². The van der Waals surface area contributed by atoms with Gasteiger partial charge in [-0.2, -0.15) is 5.10 Å². The zero-order valence-corrected chi connectivity index (χ0v) is 15.8. The molecular weight excluding hydrogens is 388 g/mol. The van der Waals surface area contributed by atoms with Crippen LogP contribution in [-0.4, -0.2) is 29.2 Å². The molecule has 1 aromatic carbocycles. The van der Waals surface area contributed by atoms with Gasteiger partial charge in [-0.05, 0) is 24.4 Å². The highest BCUT2D eigenvalue weighted by molar-refractivity contribution is 7.14. The highest BCUT2D eigenvalue weighted by Gasteiger charge is 2.22. The van der Waals surface area contributed by atoms with E-state index >= 15 is 0 Å². The van der Waals surface area contributed by atoms with E-state index in [0.29, 0.717) is 23.6 Å². The summed E-state index contributed by atoms with van der Waals surface area (Å²) in [5.74, 6) is 0.831. The molecule has 4 rings (SSSR count). The zero-order valence-electron chi connectivity index (χ0n) is 14.2. The van der Waals surface area contributed by atoms with Crippen LogP contribution in [0.2, 0.25) is 0 Å². The van der Waals surface area contributed by atoms with Crippen molar-refractivity contribution in [1.82, 2.24) is 4.68 Å². The number of fused-ring (bicyclic) bond motifs is 1. The van der Waals surface area contributed by atoms with Crippen LogP contribution in [0, 0.1) is 10.1 Å². The minimum absolute atomic E-state index is 0.0500. The average molecular weight is 402 g/mol. The van der Waals surface area contributed by atoms with Gasteiger partial charge in [-0.3, -0.25) is 15.1 Å². The predicted molar refractivity (Wildman–Crippen MR) is 104 cm³/mol. The SMILES string of the molecule is CCN=c1scc(-c2cccs2)n1N=Cc1cc2c(cc1[N+](=O)[O-])OCO2. The predicted octanol–water partition coefficient (Wildman–Crippen LogP) is 3.72. The van der Waals surface area contributed by atoms with E-state index in [4.69, 9.17) is 9.47 Å². The lowest BCUT2D eigenvalue weighted by atomic mass is 10.1. The largest absolute Gasteiger partial charge is 0.454 e. The molecule has 27 heavy (non-hydrogen) atoms. The van der Waals surface area contributed by atoms with Crippen LogP contribution in [0.25, 0.3) is 10.6 Å². The van der Waals surface area contributed by atoms with E-state index in [0.717, 1.165) is 15.4 Å². The summed E-state index contributed by atoms with van der Waals surface area (Å²) in [6.07, 6.45) is 1.46. The first kappa shape index (κ1) is 17.4. The second-order valence-electron chi connectivity index (χ2n) is 5.43. The molecule has 0 bridgehead atoms. The molecule has 0 radical (unpaired) electrons. The van der Waals surface area contributed by atoms with Crippen LogP contribution in [0.4, 0.5) is 5.69 Å². The standard InChI is InChI=1S/C17H14N4O4S2/c1-2-18-17-20(13(9-27-17)16-4-3-5-26-16)19-8-11-6-14-15(25-10-24-14)7-12(11)21(22)23/h3-9H,2,10H2,1H3. The van der Waals surface area contributed by atoms with Crippen LogP contribution in [0.5, 0.6) is 11.5 Å². The number of ether oxygens (including phenoxy) is 2. The van der Waals surface area contributed by atoms with Gasteiger partial charge in [-0.15, -0.1) is 22.7 Å². The number of benzene rings is 1. The van der Waals surface area contributed by atoms with Crippen LogP contribution in [0.3, 0.4) is 0 Å². The van der Waals surface area contributed by atoms with Crippen molar-refractivity contribution in [2.24, 2.45) is 10.1 Å². The number of rotatable bonds is 5. The fourth-order valence-corrected chi connectivity index (χ4v) is 4.27. The van der Waals surface area contributed by atoms with E-state index < -0.39 is 4.92 Å². The first-order valence-corrected chi connectivity index (χ1v) is 9.80. The van der Waals surface area contributed by atoms with E-state index in [-0.39, 0.29) is 12.5 Å². The first-order valence-electron chi connectivity index (χ1n) is 8.04. The van der Waals surface area contributed by atoms with Gasteiger partial charge in [0.05, 0.1) is 33.3 Å². The molecule has 0 spiro atoms. The summed E-state index contributed by atoms with van der Waals surface area (Å²) in [5.41, 5.74) is 1.13. The van der Waals surface area contributed by atoms with Gasteiger partial charge in [0.1, 0.15) is 0 Å². The van der Waals surface area contributed by atoms with Gasteiger partial charge in [0.15, 0.2) is 11.5 Å². The number of thiophene rings is 1. The molecule has 0 aliphatic carbocycles. The molecular formula is C17H14N4O4S2. The van der Waals surface area contributed by atoms with Crippen LogP contribution in [0.15, 0.2) is 45.1 Å². The second kappa shape index (κ2) is 7.33. The van der Waals surface area contributed by atoms with Crippen molar-refractivity contribution >= 4 is 34.6 Å². The van der Waals surface area contributed by atoms with Gasteiger partial charge < -0.3 is 9.47 Å². The van der Waals surface area contributed by atoms with E-state index in [1.807, 2.05) is 29.8 Å². The van der Waals surface area contributed by atoms with E-state index in [9.17, 15) is 10.1 Å². The summed E-state index contributed by atoms with van der Waals surface area (Å²) in [4.78, 5) is 17.2. The molecule has 1 aliphatic rings. The summed E-state index contributed by atoms with van der Waals surface area (Å²) < 4.78 is 12.3. The van der Waals surface area contributed by atoms with Gasteiger partial charge in [-0.25, -0.2) is 4.68 Å². The molecule has 1 aliphatic heterocycles. The van der Waals surface area contributed by atoms with Crippen molar-refractivity contribution in [3.8, 4) is 22.1 Å². The van der Waals surface area contributed by atoms with Gasteiger partial charge in [-0.1, -0.05) is 6.07 Å². The van der Waals surface area contributed by atoms with Crippen molar-refractivity contribution < 1.29 is 14.4 Å². The Labute approximate surface area is 161 Å². The first-order chi connectivity index (χ1) is 13.2. The monoisotopic (exact) mass is 402 g/mol. The molecule has 0 amide bonds. The minimum Gasteiger partial charge on any atom is -0.454 e. The second-order valence-corrected chi connectivity index (χ2v) is 7.22. The Bertz CT molecular complexity index is 1080. The molecule has 0 atom stereocenters. The van der Waals surface area contributed by atoms with Crippen LogP contribution in [0.1, 0.15) is 12.5 Å². The lowest BCUT2D eigenvalue weighted by molar-refractivity contribution is -0.385. The number of thiazole rings is 1. The Balaban J connectivity index is 1.81. The Hall–Kier alpha value is -2.98. The number of nitro groups is 1. The van der Waals surface area contributed by atoms with Crippen LogP contribution in [-0.2, 0) is 0 Å². The third-order valence-electron chi connectivity index (χ3n) is 3.78. The number of nitro benzene ring substituents is 1. The van der Waals surface area contributed by atoms with Gasteiger partial charge >= 0.3 is 0 Å². The Kier molecular flexibility index (Phi) is 4.73. The Morgan fingerprint density at radius 1 is 1.33 bits per heavy atom. The minimum atomic E-state index is -0.459. The van der Waals surface area contributed by atoms with Crippen LogP contribution >= 0.6 is 22.7 Å². The molecule has 10 heteroatoms. The lowest BCUT2D eigenvalue weighted by Crippen LogP contribution is -2.12. The summed E-state index contributed by atoms with van der Waals surface area (Å²) in [6.45, 7) is 2.61. The molecule has 0 fully saturated rings. The molecule has 8 nitrogen and oxygen atoms in total. The highest BCUT2D eigenvalue weighted by Crippen LogP contribution is 2.37. The van der Waals surface area contributed by atoms with E-state index in [1.54, 1.807) is 22.1 Å². The number of nitrogens with zero attached hydrogens (tertiary/aromatic N) is 4.